The number of carbonyl (C=O) groups is 1. The summed E-state index contributed by atoms with van der Waals surface area (Å²) in [5, 5.41) is 3.04. The summed E-state index contributed by atoms with van der Waals surface area (Å²) in [7, 11) is -1.12. The Morgan fingerprint density at radius 2 is 1.89 bits per heavy atom. The maximum absolute atomic E-state index is 12.7. The van der Waals surface area contributed by atoms with E-state index in [1.54, 1.807) is 20.1 Å². The summed E-state index contributed by atoms with van der Waals surface area (Å²) in [6.45, 7) is 1.42. The molecule has 6 nitrogen and oxygen atoms in total. The SMILES string of the molecule is COc1ccccc1[C@@H](C)NC(=O)CN(C)S(=O)(=O)c1cc(Cl)ccc1Cl. The number of rotatable bonds is 7. The molecule has 0 saturated carbocycles. The van der Waals surface area contributed by atoms with Gasteiger partial charge in [0.15, 0.2) is 0 Å². The van der Waals surface area contributed by atoms with E-state index in [1.807, 2.05) is 18.2 Å². The van der Waals surface area contributed by atoms with E-state index in [4.69, 9.17) is 27.9 Å². The number of halogens is 2. The molecule has 0 aliphatic carbocycles. The van der Waals surface area contributed by atoms with Crippen molar-refractivity contribution >= 4 is 39.1 Å². The lowest BCUT2D eigenvalue weighted by Gasteiger charge is -2.21. The molecule has 9 heteroatoms. The summed E-state index contributed by atoms with van der Waals surface area (Å²) < 4.78 is 31.6. The number of nitrogens with one attached hydrogen (secondary N) is 1. The van der Waals surface area contributed by atoms with Crippen molar-refractivity contribution < 1.29 is 17.9 Å². The molecule has 0 radical (unpaired) electrons. The van der Waals surface area contributed by atoms with Crippen LogP contribution in [0.15, 0.2) is 47.4 Å². The Morgan fingerprint density at radius 1 is 1.22 bits per heavy atom. The van der Waals surface area contributed by atoms with Gasteiger partial charge in [-0.3, -0.25) is 4.79 Å². The molecule has 2 aromatic carbocycles. The summed E-state index contributed by atoms with van der Waals surface area (Å²) in [4.78, 5) is 12.2. The third kappa shape index (κ3) is 5.13. The molecule has 0 saturated heterocycles. The Kier molecular flexibility index (Phi) is 7.11. The number of hydrogen-bond acceptors (Lipinski definition) is 4. The molecule has 0 aromatic heterocycles. The van der Waals surface area contributed by atoms with Crippen LogP contribution in [0.2, 0.25) is 10.0 Å². The van der Waals surface area contributed by atoms with Gasteiger partial charge in [0.1, 0.15) is 10.6 Å². The monoisotopic (exact) mass is 430 g/mol. The van der Waals surface area contributed by atoms with Gasteiger partial charge in [-0.1, -0.05) is 41.4 Å². The van der Waals surface area contributed by atoms with Gasteiger partial charge in [0.25, 0.3) is 0 Å². The lowest BCUT2D eigenvalue weighted by atomic mass is 10.1. The highest BCUT2D eigenvalue weighted by atomic mass is 35.5. The van der Waals surface area contributed by atoms with Crippen molar-refractivity contribution in [2.75, 3.05) is 20.7 Å². The normalized spacial score (nSPS) is 12.7. The van der Waals surface area contributed by atoms with Crippen molar-refractivity contribution in [1.82, 2.24) is 9.62 Å². The molecule has 146 valence electrons. The van der Waals surface area contributed by atoms with Gasteiger partial charge >= 0.3 is 0 Å². The minimum atomic E-state index is -3.97. The number of para-hydroxylation sites is 1. The van der Waals surface area contributed by atoms with Crippen molar-refractivity contribution in [3.63, 3.8) is 0 Å². The fourth-order valence-corrected chi connectivity index (χ4v) is 4.38. The fraction of sp³-hybridized carbons (Fsp3) is 0.278. The van der Waals surface area contributed by atoms with Crippen molar-refractivity contribution in [3.05, 3.63) is 58.1 Å². The third-order valence-electron chi connectivity index (χ3n) is 3.93. The molecule has 2 aromatic rings. The third-order valence-corrected chi connectivity index (χ3v) is 6.45. The first kappa shape index (κ1) is 21.5. The van der Waals surface area contributed by atoms with E-state index >= 15 is 0 Å². The first-order valence-electron chi connectivity index (χ1n) is 8.00. The highest BCUT2D eigenvalue weighted by molar-refractivity contribution is 7.89. The number of methoxy groups -OCH3 is 1. The number of carbonyl (C=O) groups excluding carboxylic acids is 1. The predicted molar refractivity (Wildman–Crippen MR) is 106 cm³/mol. The molecular formula is C18H20Cl2N2O4S. The van der Waals surface area contributed by atoms with Gasteiger partial charge in [0, 0.05) is 17.6 Å². The summed E-state index contributed by atoms with van der Waals surface area (Å²) in [5.41, 5.74) is 0.789. The lowest BCUT2D eigenvalue weighted by Crippen LogP contribution is -2.39. The molecule has 0 heterocycles. The maximum atomic E-state index is 12.7. The zero-order chi connectivity index (χ0) is 20.2. The molecule has 2 rings (SSSR count). The Labute approximate surface area is 169 Å². The number of amides is 1. The van der Waals surface area contributed by atoms with E-state index in [2.05, 4.69) is 5.32 Å². The standard InChI is InChI=1S/C18H20Cl2N2O4S/c1-12(14-6-4-5-7-16(14)26-3)21-18(23)11-22(2)27(24,25)17-10-13(19)8-9-15(17)20/h4-10,12H,11H2,1-3H3,(H,21,23)/t12-/m1/s1. The molecule has 0 aliphatic rings. The van der Waals surface area contributed by atoms with Crippen LogP contribution in [-0.2, 0) is 14.8 Å². The van der Waals surface area contributed by atoms with Crippen LogP contribution in [0.3, 0.4) is 0 Å². The number of nitrogens with zero attached hydrogens (tertiary/aromatic N) is 1. The minimum Gasteiger partial charge on any atom is -0.496 e. The molecule has 0 aliphatic heterocycles. The highest BCUT2D eigenvalue weighted by Crippen LogP contribution is 2.27. The van der Waals surface area contributed by atoms with Gasteiger partial charge < -0.3 is 10.1 Å². The van der Waals surface area contributed by atoms with Crippen LogP contribution in [0.25, 0.3) is 0 Å². The topological polar surface area (TPSA) is 75.7 Å². The second-order valence-electron chi connectivity index (χ2n) is 5.87. The molecule has 1 amide bonds. The van der Waals surface area contributed by atoms with Crippen molar-refractivity contribution in [2.24, 2.45) is 0 Å². The van der Waals surface area contributed by atoms with E-state index in [-0.39, 0.29) is 27.5 Å². The van der Waals surface area contributed by atoms with Crippen molar-refractivity contribution in [1.29, 1.82) is 0 Å². The van der Waals surface area contributed by atoms with Crippen molar-refractivity contribution in [3.8, 4) is 5.75 Å². The molecule has 0 spiro atoms. The van der Waals surface area contributed by atoms with E-state index in [1.165, 1.54) is 25.2 Å². The van der Waals surface area contributed by atoms with E-state index in [0.29, 0.717) is 5.75 Å². The first-order chi connectivity index (χ1) is 12.7. The van der Waals surface area contributed by atoms with Gasteiger partial charge in [-0.05, 0) is 31.2 Å². The molecule has 1 N–H and O–H groups in total. The quantitative estimate of drug-likeness (QED) is 0.728. The Bertz CT molecular complexity index is 935. The molecule has 0 unspecified atom stereocenters. The van der Waals surface area contributed by atoms with E-state index in [0.717, 1.165) is 9.87 Å². The van der Waals surface area contributed by atoms with Crippen LogP contribution in [0.1, 0.15) is 18.5 Å². The summed E-state index contributed by atoms with van der Waals surface area (Å²) in [5.74, 6) is 0.176. The maximum Gasteiger partial charge on any atom is 0.244 e. The van der Waals surface area contributed by atoms with Gasteiger partial charge in [0.05, 0.1) is 24.7 Å². The number of benzene rings is 2. The van der Waals surface area contributed by atoms with E-state index < -0.39 is 15.9 Å². The predicted octanol–water partition coefficient (Wildman–Crippen LogP) is 3.50. The van der Waals surface area contributed by atoms with Crippen molar-refractivity contribution in [2.45, 2.75) is 17.9 Å². The summed E-state index contributed by atoms with van der Waals surface area (Å²) in [6.07, 6.45) is 0. The Hall–Kier alpha value is -1.80. The van der Waals surface area contributed by atoms with Crippen LogP contribution in [0.5, 0.6) is 5.75 Å². The largest absolute Gasteiger partial charge is 0.496 e. The number of sulfonamides is 1. The second kappa shape index (κ2) is 8.93. The van der Waals surface area contributed by atoms with Crippen LogP contribution < -0.4 is 10.1 Å². The van der Waals surface area contributed by atoms with Gasteiger partial charge in [-0.15, -0.1) is 0 Å². The Balaban J connectivity index is 2.11. The zero-order valence-corrected chi connectivity index (χ0v) is 17.4. The van der Waals surface area contributed by atoms with E-state index in [9.17, 15) is 13.2 Å². The van der Waals surface area contributed by atoms with Gasteiger partial charge in [-0.2, -0.15) is 4.31 Å². The number of hydrogen-bond donors (Lipinski definition) is 1. The van der Waals surface area contributed by atoms with Crippen LogP contribution in [0.4, 0.5) is 0 Å². The smallest absolute Gasteiger partial charge is 0.244 e. The summed E-state index contributed by atoms with van der Waals surface area (Å²) >= 11 is 11.8. The molecule has 1 atom stereocenters. The lowest BCUT2D eigenvalue weighted by molar-refractivity contribution is -0.121. The number of ether oxygens (including phenoxy) is 1. The second-order valence-corrected chi connectivity index (χ2v) is 8.72. The van der Waals surface area contributed by atoms with Crippen LogP contribution in [0, 0.1) is 0 Å². The molecule has 0 bridgehead atoms. The average Bonchev–Trinajstić information content (AvgIpc) is 2.63. The van der Waals surface area contributed by atoms with Gasteiger partial charge in [-0.25, -0.2) is 8.42 Å². The number of likely N-dealkylation sites (N-methyl/N-ethyl adjacent to an activating group) is 1. The molecule has 27 heavy (non-hydrogen) atoms. The molecule has 0 fully saturated rings. The van der Waals surface area contributed by atoms with Crippen LogP contribution in [-0.4, -0.2) is 39.3 Å². The average molecular weight is 431 g/mol. The molecular weight excluding hydrogens is 411 g/mol. The first-order valence-corrected chi connectivity index (χ1v) is 10.2. The van der Waals surface area contributed by atoms with Gasteiger partial charge in [0.2, 0.25) is 15.9 Å². The highest BCUT2D eigenvalue weighted by Gasteiger charge is 2.26. The fourth-order valence-electron chi connectivity index (χ4n) is 2.52. The zero-order valence-electron chi connectivity index (χ0n) is 15.1. The Morgan fingerprint density at radius 3 is 2.56 bits per heavy atom. The minimum absolute atomic E-state index is 0.0362. The van der Waals surface area contributed by atoms with Crippen LogP contribution >= 0.6 is 23.2 Å². The summed E-state index contributed by atoms with van der Waals surface area (Å²) in [6, 6.07) is 11.1.